The topological polar surface area (TPSA) is 84.5 Å². The van der Waals surface area contributed by atoms with E-state index in [1.165, 1.54) is 0 Å². The average molecular weight is 469 g/mol. The predicted molar refractivity (Wildman–Crippen MR) is 113 cm³/mol. The summed E-state index contributed by atoms with van der Waals surface area (Å²) in [5, 5.41) is 2.68. The fraction of sp³-hybridized carbons (Fsp3) is 0.350. The van der Waals surface area contributed by atoms with Crippen molar-refractivity contribution in [3.05, 3.63) is 57.6 Å². The van der Waals surface area contributed by atoms with E-state index in [-0.39, 0.29) is 23.9 Å². The highest BCUT2D eigenvalue weighted by molar-refractivity contribution is 9.10. The maximum absolute atomic E-state index is 12.4. The van der Waals surface area contributed by atoms with E-state index in [1.54, 1.807) is 32.0 Å². The minimum Gasteiger partial charge on any atom is -0.480 e. The van der Waals surface area contributed by atoms with E-state index < -0.39 is 16.1 Å². The largest absolute Gasteiger partial charge is 0.480 e. The molecule has 0 heterocycles. The number of aryl methyl sites for hydroxylation is 3. The Morgan fingerprint density at radius 1 is 1.07 bits per heavy atom. The van der Waals surface area contributed by atoms with Crippen molar-refractivity contribution in [3.8, 4) is 5.75 Å². The van der Waals surface area contributed by atoms with Gasteiger partial charge in [0, 0.05) is 13.1 Å². The van der Waals surface area contributed by atoms with Gasteiger partial charge in [0.1, 0.15) is 5.75 Å². The van der Waals surface area contributed by atoms with Gasteiger partial charge in [-0.2, -0.15) is 0 Å². The van der Waals surface area contributed by atoms with Crippen LogP contribution in [-0.4, -0.2) is 33.5 Å². The van der Waals surface area contributed by atoms with Gasteiger partial charge < -0.3 is 10.1 Å². The van der Waals surface area contributed by atoms with E-state index in [0.717, 1.165) is 15.6 Å². The molecule has 0 saturated carbocycles. The maximum atomic E-state index is 12.4. The number of carbonyl (C=O) groups is 1. The van der Waals surface area contributed by atoms with Crippen LogP contribution >= 0.6 is 15.9 Å². The van der Waals surface area contributed by atoms with Gasteiger partial charge in [-0.25, -0.2) is 13.1 Å². The molecule has 0 aliphatic rings. The maximum Gasteiger partial charge on any atom is 0.260 e. The summed E-state index contributed by atoms with van der Waals surface area (Å²) in [5.41, 5.74) is 2.62. The van der Waals surface area contributed by atoms with E-state index in [4.69, 9.17) is 4.74 Å². The Labute approximate surface area is 174 Å². The van der Waals surface area contributed by atoms with Crippen LogP contribution < -0.4 is 14.8 Å². The second kappa shape index (κ2) is 9.54. The summed E-state index contributed by atoms with van der Waals surface area (Å²) >= 11 is 3.41. The summed E-state index contributed by atoms with van der Waals surface area (Å²) in [6.07, 6.45) is -0.713. The van der Waals surface area contributed by atoms with Crippen molar-refractivity contribution >= 4 is 31.9 Å². The van der Waals surface area contributed by atoms with E-state index in [0.29, 0.717) is 11.3 Å². The third-order valence-electron chi connectivity index (χ3n) is 4.11. The van der Waals surface area contributed by atoms with E-state index in [9.17, 15) is 13.2 Å². The molecule has 2 rings (SSSR count). The Hall–Kier alpha value is -1.90. The lowest BCUT2D eigenvalue weighted by molar-refractivity contribution is -0.127. The average Bonchev–Trinajstić information content (AvgIpc) is 2.62. The normalized spacial score (nSPS) is 12.5. The van der Waals surface area contributed by atoms with Crippen molar-refractivity contribution in [3.63, 3.8) is 0 Å². The molecule has 0 aromatic heterocycles. The van der Waals surface area contributed by atoms with Gasteiger partial charge in [0.05, 0.1) is 9.37 Å². The molecule has 0 bridgehead atoms. The molecule has 1 unspecified atom stereocenters. The first kappa shape index (κ1) is 22.4. The second-order valence-corrected chi connectivity index (χ2v) is 9.24. The van der Waals surface area contributed by atoms with Gasteiger partial charge in [0.25, 0.3) is 5.91 Å². The second-order valence-electron chi connectivity index (χ2n) is 6.65. The molecule has 0 saturated heterocycles. The molecule has 6 nitrogen and oxygen atoms in total. The Morgan fingerprint density at radius 2 is 1.71 bits per heavy atom. The van der Waals surface area contributed by atoms with Crippen LogP contribution in [0.3, 0.4) is 0 Å². The summed E-state index contributed by atoms with van der Waals surface area (Å²) in [5.74, 6) is 0.252. The molecule has 2 aromatic carbocycles. The highest BCUT2D eigenvalue weighted by Gasteiger charge is 2.18. The monoisotopic (exact) mass is 468 g/mol. The first-order chi connectivity index (χ1) is 13.1. The molecule has 28 heavy (non-hydrogen) atoms. The quantitative estimate of drug-likeness (QED) is 0.582. The number of rotatable bonds is 8. The van der Waals surface area contributed by atoms with E-state index in [1.807, 2.05) is 32.0 Å². The Kier molecular flexibility index (Phi) is 7.63. The molecular weight excluding hydrogens is 444 g/mol. The minimum absolute atomic E-state index is 0.0857. The van der Waals surface area contributed by atoms with Crippen molar-refractivity contribution < 1.29 is 17.9 Å². The van der Waals surface area contributed by atoms with Crippen LogP contribution in [-0.2, 0) is 14.8 Å². The zero-order chi connectivity index (χ0) is 20.9. The Bertz CT molecular complexity index is 961. The Balaban J connectivity index is 1.85. The molecule has 0 aliphatic carbocycles. The molecule has 1 atom stereocenters. The Morgan fingerprint density at radius 3 is 2.39 bits per heavy atom. The predicted octanol–water partition coefficient (Wildman–Crippen LogP) is 3.24. The summed E-state index contributed by atoms with van der Waals surface area (Å²) < 4.78 is 33.8. The molecular formula is C20H25BrN2O4S. The van der Waals surface area contributed by atoms with Crippen molar-refractivity contribution in [2.75, 3.05) is 13.1 Å². The van der Waals surface area contributed by atoms with Gasteiger partial charge in [0.15, 0.2) is 6.10 Å². The van der Waals surface area contributed by atoms with Crippen molar-refractivity contribution in [1.29, 1.82) is 0 Å². The number of hydrogen-bond acceptors (Lipinski definition) is 4. The molecule has 2 N–H and O–H groups in total. The van der Waals surface area contributed by atoms with Gasteiger partial charge in [-0.05, 0) is 78.5 Å². The number of sulfonamides is 1. The lowest BCUT2D eigenvalue weighted by Gasteiger charge is -2.16. The van der Waals surface area contributed by atoms with E-state index >= 15 is 0 Å². The fourth-order valence-electron chi connectivity index (χ4n) is 2.53. The highest BCUT2D eigenvalue weighted by atomic mass is 79.9. The lowest BCUT2D eigenvalue weighted by atomic mass is 10.2. The number of benzene rings is 2. The van der Waals surface area contributed by atoms with E-state index in [2.05, 4.69) is 26.0 Å². The fourth-order valence-corrected chi connectivity index (χ4v) is 4.48. The highest BCUT2D eigenvalue weighted by Crippen LogP contribution is 2.26. The van der Waals surface area contributed by atoms with Crippen molar-refractivity contribution in [2.24, 2.45) is 0 Å². The first-order valence-electron chi connectivity index (χ1n) is 8.87. The number of amides is 1. The third kappa shape index (κ3) is 6.05. The van der Waals surface area contributed by atoms with Crippen LogP contribution in [0.5, 0.6) is 5.75 Å². The number of hydrogen-bond donors (Lipinski definition) is 2. The van der Waals surface area contributed by atoms with Crippen LogP contribution in [0.25, 0.3) is 0 Å². The number of carbonyl (C=O) groups excluding carboxylic acids is 1. The standard InChI is InChI=1S/C20H25BrN2O4S/c1-13-6-8-18(17(21)11-13)27-16(4)20(24)22-9-10-23-28(25,26)19-12-14(2)5-7-15(19)3/h5-8,11-12,16,23H,9-10H2,1-4H3,(H,22,24). The smallest absolute Gasteiger partial charge is 0.260 e. The van der Waals surface area contributed by atoms with Crippen molar-refractivity contribution in [1.82, 2.24) is 10.0 Å². The van der Waals surface area contributed by atoms with Crippen molar-refractivity contribution in [2.45, 2.75) is 38.7 Å². The summed E-state index contributed by atoms with van der Waals surface area (Å²) in [6.45, 7) is 7.43. The van der Waals surface area contributed by atoms with Crippen LogP contribution in [0.2, 0.25) is 0 Å². The van der Waals surface area contributed by atoms with Gasteiger partial charge in [0.2, 0.25) is 10.0 Å². The molecule has 152 valence electrons. The van der Waals surface area contributed by atoms with Gasteiger partial charge in [-0.3, -0.25) is 4.79 Å². The molecule has 0 radical (unpaired) electrons. The summed E-state index contributed by atoms with van der Waals surface area (Å²) in [6, 6.07) is 10.9. The van der Waals surface area contributed by atoms with Crippen LogP contribution in [0.1, 0.15) is 23.6 Å². The zero-order valence-electron chi connectivity index (χ0n) is 16.4. The van der Waals surface area contributed by atoms with Crippen LogP contribution in [0.4, 0.5) is 0 Å². The minimum atomic E-state index is -3.63. The molecule has 0 aliphatic heterocycles. The van der Waals surface area contributed by atoms with Crippen LogP contribution in [0, 0.1) is 20.8 Å². The van der Waals surface area contributed by atoms with Gasteiger partial charge >= 0.3 is 0 Å². The van der Waals surface area contributed by atoms with Crippen LogP contribution in [0.15, 0.2) is 45.8 Å². The SMILES string of the molecule is Cc1ccc(OC(C)C(=O)NCCNS(=O)(=O)c2cc(C)ccc2C)c(Br)c1. The molecule has 2 aromatic rings. The third-order valence-corrected chi connectivity index (χ3v) is 6.33. The molecule has 0 spiro atoms. The number of halogens is 1. The lowest BCUT2D eigenvalue weighted by Crippen LogP contribution is -2.40. The van der Waals surface area contributed by atoms with Gasteiger partial charge in [-0.1, -0.05) is 18.2 Å². The summed E-state index contributed by atoms with van der Waals surface area (Å²) in [4.78, 5) is 12.4. The first-order valence-corrected chi connectivity index (χ1v) is 11.1. The molecule has 0 fully saturated rings. The molecule has 1 amide bonds. The molecule has 8 heteroatoms. The van der Waals surface area contributed by atoms with Gasteiger partial charge in [-0.15, -0.1) is 0 Å². The summed E-state index contributed by atoms with van der Waals surface area (Å²) in [7, 11) is -3.63. The zero-order valence-corrected chi connectivity index (χ0v) is 18.8. The number of nitrogens with one attached hydrogen (secondary N) is 2. The number of ether oxygens (including phenoxy) is 1.